The number of hydrogen-bond donors (Lipinski definition) is 2. The molecule has 0 amide bonds. The van der Waals surface area contributed by atoms with Gasteiger partial charge in [0.2, 0.25) is 0 Å². The zero-order valence-electron chi connectivity index (χ0n) is 8.90. The summed E-state index contributed by atoms with van der Waals surface area (Å²) in [6, 6.07) is 11.0. The molecule has 0 saturated heterocycles. The van der Waals surface area contributed by atoms with E-state index in [1.165, 1.54) is 5.56 Å². The predicted octanol–water partition coefficient (Wildman–Crippen LogP) is 2.11. The lowest BCUT2D eigenvalue weighted by Gasteiger charge is -2.19. The van der Waals surface area contributed by atoms with Crippen LogP contribution in [0.2, 0.25) is 0 Å². The molecule has 2 nitrogen and oxygen atoms in total. The van der Waals surface area contributed by atoms with Crippen LogP contribution in [0.3, 0.4) is 0 Å². The van der Waals surface area contributed by atoms with Gasteiger partial charge in [-0.25, -0.2) is 0 Å². The van der Waals surface area contributed by atoms with Gasteiger partial charge in [-0.3, -0.25) is 0 Å². The number of benzene rings is 1. The summed E-state index contributed by atoms with van der Waals surface area (Å²) in [6.07, 6.45) is 0.803. The molecule has 0 bridgehead atoms. The molecule has 0 aliphatic rings. The molecule has 0 saturated carbocycles. The van der Waals surface area contributed by atoms with Crippen LogP contribution in [0.15, 0.2) is 30.3 Å². The van der Waals surface area contributed by atoms with Gasteiger partial charge in [-0.1, -0.05) is 30.3 Å². The van der Waals surface area contributed by atoms with Crippen molar-refractivity contribution in [3.63, 3.8) is 0 Å². The van der Waals surface area contributed by atoms with Crippen LogP contribution in [-0.4, -0.2) is 17.8 Å². The van der Waals surface area contributed by atoms with Gasteiger partial charge in [0, 0.05) is 18.7 Å². The number of aliphatic hydroxyl groups excluding tert-OH is 1. The van der Waals surface area contributed by atoms with Crippen molar-refractivity contribution in [2.24, 2.45) is 0 Å². The molecule has 2 N–H and O–H groups in total. The lowest BCUT2D eigenvalue weighted by atomic mass is 10.1. The summed E-state index contributed by atoms with van der Waals surface area (Å²) < 4.78 is 0. The van der Waals surface area contributed by atoms with Crippen molar-refractivity contribution in [1.29, 1.82) is 0 Å². The second-order valence-corrected chi connectivity index (χ2v) is 3.71. The minimum atomic E-state index is 0.246. The quantitative estimate of drug-likeness (QED) is 0.750. The molecule has 1 aromatic rings. The minimum Gasteiger partial charge on any atom is -0.396 e. The Hall–Kier alpha value is -0.860. The lowest BCUT2D eigenvalue weighted by Crippen LogP contribution is -2.29. The van der Waals surface area contributed by atoms with Crippen LogP contribution in [0.4, 0.5) is 0 Å². The van der Waals surface area contributed by atoms with Crippen LogP contribution < -0.4 is 5.32 Å². The predicted molar refractivity (Wildman–Crippen MR) is 59.2 cm³/mol. The Balaban J connectivity index is 2.46. The molecule has 1 aromatic carbocycles. The van der Waals surface area contributed by atoms with Gasteiger partial charge in [0.05, 0.1) is 0 Å². The second-order valence-electron chi connectivity index (χ2n) is 3.71. The normalized spacial score (nSPS) is 15.1. The second kappa shape index (κ2) is 5.78. The van der Waals surface area contributed by atoms with Crippen molar-refractivity contribution < 1.29 is 5.11 Å². The Morgan fingerprint density at radius 2 is 1.86 bits per heavy atom. The van der Waals surface area contributed by atoms with Crippen molar-refractivity contribution in [3.8, 4) is 0 Å². The molecule has 2 unspecified atom stereocenters. The summed E-state index contributed by atoms with van der Waals surface area (Å²) in [5, 5.41) is 12.2. The molecule has 1 rings (SSSR count). The molecule has 78 valence electrons. The first-order chi connectivity index (χ1) is 6.74. The first kappa shape index (κ1) is 11.2. The van der Waals surface area contributed by atoms with Gasteiger partial charge < -0.3 is 10.4 Å². The van der Waals surface area contributed by atoms with Crippen molar-refractivity contribution >= 4 is 0 Å². The van der Waals surface area contributed by atoms with E-state index in [0.717, 1.165) is 6.42 Å². The maximum atomic E-state index is 8.78. The van der Waals surface area contributed by atoms with Crippen LogP contribution in [0, 0.1) is 0 Å². The van der Waals surface area contributed by atoms with Crippen LogP contribution in [0.5, 0.6) is 0 Å². The molecule has 14 heavy (non-hydrogen) atoms. The average Bonchev–Trinajstić information content (AvgIpc) is 2.19. The lowest BCUT2D eigenvalue weighted by molar-refractivity contribution is 0.264. The first-order valence-electron chi connectivity index (χ1n) is 5.16. The first-order valence-corrected chi connectivity index (χ1v) is 5.16. The summed E-state index contributed by atoms with van der Waals surface area (Å²) in [5.74, 6) is 0. The average molecular weight is 193 g/mol. The Bertz CT molecular complexity index is 248. The maximum absolute atomic E-state index is 8.78. The van der Waals surface area contributed by atoms with E-state index in [9.17, 15) is 0 Å². The number of nitrogens with one attached hydrogen (secondary N) is 1. The molecule has 0 aliphatic heterocycles. The van der Waals surface area contributed by atoms with Crippen LogP contribution in [0.25, 0.3) is 0 Å². The third kappa shape index (κ3) is 3.48. The fraction of sp³-hybridized carbons (Fsp3) is 0.500. The van der Waals surface area contributed by atoms with Crippen molar-refractivity contribution in [3.05, 3.63) is 35.9 Å². The molecular weight excluding hydrogens is 174 g/mol. The van der Waals surface area contributed by atoms with E-state index in [1.54, 1.807) is 0 Å². The highest BCUT2D eigenvalue weighted by molar-refractivity contribution is 5.18. The Kier molecular flexibility index (Phi) is 4.63. The maximum Gasteiger partial charge on any atom is 0.0445 e. The van der Waals surface area contributed by atoms with Crippen molar-refractivity contribution in [1.82, 2.24) is 5.32 Å². The van der Waals surface area contributed by atoms with E-state index in [-0.39, 0.29) is 6.61 Å². The van der Waals surface area contributed by atoms with E-state index in [2.05, 4.69) is 31.3 Å². The Morgan fingerprint density at radius 3 is 2.43 bits per heavy atom. The van der Waals surface area contributed by atoms with Gasteiger partial charge in [0.25, 0.3) is 0 Å². The molecule has 0 aliphatic carbocycles. The van der Waals surface area contributed by atoms with Gasteiger partial charge in [-0.15, -0.1) is 0 Å². The molecule has 2 atom stereocenters. The minimum absolute atomic E-state index is 0.246. The monoisotopic (exact) mass is 193 g/mol. The molecule has 0 radical (unpaired) electrons. The highest BCUT2D eigenvalue weighted by Crippen LogP contribution is 2.12. The largest absolute Gasteiger partial charge is 0.396 e. The third-order valence-electron chi connectivity index (χ3n) is 2.40. The molecular formula is C12H19NO. The van der Waals surface area contributed by atoms with Gasteiger partial charge in [0.1, 0.15) is 0 Å². The molecule has 0 aromatic heterocycles. The zero-order valence-corrected chi connectivity index (χ0v) is 8.90. The third-order valence-corrected chi connectivity index (χ3v) is 2.40. The van der Waals surface area contributed by atoms with E-state index in [4.69, 9.17) is 5.11 Å². The van der Waals surface area contributed by atoms with Gasteiger partial charge in [-0.05, 0) is 25.8 Å². The van der Waals surface area contributed by atoms with E-state index >= 15 is 0 Å². The van der Waals surface area contributed by atoms with E-state index in [1.807, 2.05) is 18.2 Å². The van der Waals surface area contributed by atoms with Gasteiger partial charge in [0.15, 0.2) is 0 Å². The van der Waals surface area contributed by atoms with Gasteiger partial charge >= 0.3 is 0 Å². The van der Waals surface area contributed by atoms with Crippen molar-refractivity contribution in [2.45, 2.75) is 32.4 Å². The fourth-order valence-corrected chi connectivity index (χ4v) is 1.54. The summed E-state index contributed by atoms with van der Waals surface area (Å²) >= 11 is 0. The number of hydrogen-bond acceptors (Lipinski definition) is 2. The summed E-state index contributed by atoms with van der Waals surface area (Å²) in [4.78, 5) is 0. The zero-order chi connectivity index (χ0) is 10.4. The van der Waals surface area contributed by atoms with Gasteiger partial charge in [-0.2, -0.15) is 0 Å². The van der Waals surface area contributed by atoms with Crippen LogP contribution >= 0.6 is 0 Å². The topological polar surface area (TPSA) is 32.3 Å². The Morgan fingerprint density at radius 1 is 1.21 bits per heavy atom. The molecule has 0 heterocycles. The van der Waals surface area contributed by atoms with Crippen molar-refractivity contribution in [2.75, 3.05) is 6.61 Å². The smallest absolute Gasteiger partial charge is 0.0445 e. The fourth-order valence-electron chi connectivity index (χ4n) is 1.54. The van der Waals surface area contributed by atoms with Crippen LogP contribution in [-0.2, 0) is 0 Å². The van der Waals surface area contributed by atoms with E-state index in [0.29, 0.717) is 12.1 Å². The molecule has 0 spiro atoms. The molecule has 2 heteroatoms. The number of aliphatic hydroxyl groups is 1. The van der Waals surface area contributed by atoms with E-state index < -0.39 is 0 Å². The highest BCUT2D eigenvalue weighted by atomic mass is 16.3. The molecule has 0 fully saturated rings. The Labute approximate surface area is 86.0 Å². The SMILES string of the molecule is CC(CCO)NC(C)c1ccccc1. The standard InChI is InChI=1S/C12H19NO/c1-10(8-9-14)13-11(2)12-6-4-3-5-7-12/h3-7,10-11,13-14H,8-9H2,1-2H3. The van der Waals surface area contributed by atoms with Crippen LogP contribution in [0.1, 0.15) is 31.9 Å². The summed E-state index contributed by atoms with van der Waals surface area (Å²) in [6.45, 7) is 4.48. The highest BCUT2D eigenvalue weighted by Gasteiger charge is 2.07. The number of rotatable bonds is 5. The summed E-state index contributed by atoms with van der Waals surface area (Å²) in [5.41, 5.74) is 1.29. The summed E-state index contributed by atoms with van der Waals surface area (Å²) in [7, 11) is 0.